The van der Waals surface area contributed by atoms with Gasteiger partial charge in [-0.15, -0.1) is 0 Å². The Bertz CT molecular complexity index is 56.4. The first-order valence-electron chi connectivity index (χ1n) is 2.99. The maximum atomic E-state index is 5.54. The van der Waals surface area contributed by atoms with Gasteiger partial charge < -0.3 is 0 Å². The molecule has 0 spiro atoms. The average Bonchev–Trinajstić information content (AvgIpc) is 1.77. The zero-order chi connectivity index (χ0) is 5.98. The molecule has 4 heteroatoms. The molecule has 48 valence electrons. The molecule has 4 nitrogen and oxygen atoms in total. The van der Waals surface area contributed by atoms with Crippen molar-refractivity contribution in [2.24, 2.45) is 11.7 Å². The molecule has 0 aromatic carbocycles. The third-order valence-electron chi connectivity index (χ3n) is 1.53. The molecule has 0 aromatic heterocycles. The lowest BCUT2D eigenvalue weighted by molar-refractivity contribution is -1.02. The van der Waals surface area contributed by atoms with Crippen LogP contribution >= 0.6 is 0 Å². The van der Waals surface area contributed by atoms with E-state index in [-0.39, 0.29) is 0 Å². The Balaban J connectivity index is 2.19. The standard InChI is InChI=1S/C4H12N4/c5-7-1-2-8(6)4-3-7/h1-6H2/p+2. The van der Waals surface area contributed by atoms with Gasteiger partial charge in [-0.25, -0.2) is 0 Å². The summed E-state index contributed by atoms with van der Waals surface area (Å²) < 4.78 is 0. The van der Waals surface area contributed by atoms with Gasteiger partial charge in [-0.2, -0.15) is 11.7 Å². The average molecular weight is 118 g/mol. The van der Waals surface area contributed by atoms with E-state index in [4.69, 9.17) is 11.7 Å². The van der Waals surface area contributed by atoms with Crippen LogP contribution in [0.4, 0.5) is 0 Å². The lowest BCUT2D eigenvalue weighted by Gasteiger charge is -2.21. The molecule has 0 aliphatic carbocycles. The van der Waals surface area contributed by atoms with Gasteiger partial charge in [0.2, 0.25) is 0 Å². The first kappa shape index (κ1) is 5.97. The summed E-state index contributed by atoms with van der Waals surface area (Å²) in [6.45, 7) is 4.02. The van der Waals surface area contributed by atoms with Crippen molar-refractivity contribution >= 4 is 0 Å². The molecule has 0 aromatic rings. The van der Waals surface area contributed by atoms with E-state index < -0.39 is 0 Å². The van der Waals surface area contributed by atoms with Gasteiger partial charge in [-0.05, 0) is 0 Å². The molecule has 1 saturated heterocycles. The van der Waals surface area contributed by atoms with Crippen LogP contribution in [-0.2, 0) is 0 Å². The van der Waals surface area contributed by atoms with Crippen LogP contribution in [0.2, 0.25) is 0 Å². The van der Waals surface area contributed by atoms with Crippen molar-refractivity contribution in [3.8, 4) is 0 Å². The summed E-state index contributed by atoms with van der Waals surface area (Å²) >= 11 is 0. The molecule has 6 N–H and O–H groups in total. The van der Waals surface area contributed by atoms with Gasteiger partial charge in [0.05, 0.1) is 0 Å². The molecule has 0 atom stereocenters. The molecular weight excluding hydrogens is 104 g/mol. The molecule has 1 fully saturated rings. The molecular formula is C4H14N4+2. The highest BCUT2D eigenvalue weighted by atomic mass is 15.5. The maximum absolute atomic E-state index is 5.54. The summed E-state index contributed by atoms with van der Waals surface area (Å²) in [5, 5.41) is 2.22. The van der Waals surface area contributed by atoms with Gasteiger partial charge in [0.15, 0.2) is 0 Å². The highest BCUT2D eigenvalue weighted by Gasteiger charge is 2.16. The summed E-state index contributed by atoms with van der Waals surface area (Å²) in [5.41, 5.74) is 0. The second-order valence-electron chi connectivity index (χ2n) is 2.32. The fourth-order valence-electron chi connectivity index (χ4n) is 0.892. The highest BCUT2D eigenvalue weighted by molar-refractivity contribution is 4.29. The normalized spacial score (nSPS) is 39.8. The predicted molar refractivity (Wildman–Crippen MR) is 29.8 cm³/mol. The number of quaternary nitrogens is 2. The van der Waals surface area contributed by atoms with Crippen molar-refractivity contribution in [3.63, 3.8) is 0 Å². The van der Waals surface area contributed by atoms with Crippen molar-refractivity contribution < 1.29 is 10.0 Å². The Hall–Kier alpha value is -0.160. The van der Waals surface area contributed by atoms with Crippen LogP contribution in [0.3, 0.4) is 0 Å². The van der Waals surface area contributed by atoms with E-state index in [1.807, 2.05) is 0 Å². The number of hydrogen-bond acceptors (Lipinski definition) is 2. The Morgan fingerprint density at radius 1 is 0.750 bits per heavy atom. The number of piperazine rings is 1. The fourth-order valence-corrected chi connectivity index (χ4v) is 0.892. The summed E-state index contributed by atoms with van der Waals surface area (Å²) in [5.74, 6) is 11.1. The highest BCUT2D eigenvalue weighted by Crippen LogP contribution is 1.47. The lowest BCUT2D eigenvalue weighted by Crippen LogP contribution is -3.32. The van der Waals surface area contributed by atoms with Gasteiger partial charge in [0.25, 0.3) is 0 Å². The van der Waals surface area contributed by atoms with Crippen LogP contribution in [0.5, 0.6) is 0 Å². The minimum atomic E-state index is 1.01. The van der Waals surface area contributed by atoms with Gasteiger partial charge in [0, 0.05) is 0 Å². The summed E-state index contributed by atoms with van der Waals surface area (Å²) in [4.78, 5) is 0. The van der Waals surface area contributed by atoms with E-state index in [0.717, 1.165) is 36.2 Å². The van der Waals surface area contributed by atoms with Gasteiger partial charge in [0.1, 0.15) is 26.2 Å². The third-order valence-corrected chi connectivity index (χ3v) is 1.53. The maximum Gasteiger partial charge on any atom is 0.146 e. The number of hydrogen-bond donors (Lipinski definition) is 4. The second kappa shape index (κ2) is 2.41. The summed E-state index contributed by atoms with van der Waals surface area (Å²) in [6.07, 6.45) is 0. The molecule has 0 bridgehead atoms. The zero-order valence-corrected chi connectivity index (χ0v) is 4.98. The van der Waals surface area contributed by atoms with Crippen LogP contribution in [0.25, 0.3) is 0 Å². The third kappa shape index (κ3) is 1.41. The van der Waals surface area contributed by atoms with Crippen LogP contribution in [0.15, 0.2) is 0 Å². The van der Waals surface area contributed by atoms with Crippen LogP contribution in [0, 0.1) is 0 Å². The Labute approximate surface area is 49.0 Å². The van der Waals surface area contributed by atoms with Gasteiger partial charge >= 0.3 is 0 Å². The number of nitrogens with one attached hydrogen (secondary N) is 2. The second-order valence-corrected chi connectivity index (χ2v) is 2.32. The van der Waals surface area contributed by atoms with Crippen LogP contribution in [0.1, 0.15) is 0 Å². The Morgan fingerprint density at radius 2 is 1.00 bits per heavy atom. The van der Waals surface area contributed by atoms with E-state index in [9.17, 15) is 0 Å². The fraction of sp³-hybridized carbons (Fsp3) is 1.00. The van der Waals surface area contributed by atoms with Crippen molar-refractivity contribution in [1.29, 1.82) is 0 Å². The van der Waals surface area contributed by atoms with Gasteiger partial charge in [-0.1, -0.05) is 0 Å². The largest absolute Gasteiger partial charge is 0.250 e. The van der Waals surface area contributed by atoms with Gasteiger partial charge in [-0.3, -0.25) is 10.0 Å². The van der Waals surface area contributed by atoms with Crippen molar-refractivity contribution in [1.82, 2.24) is 0 Å². The monoisotopic (exact) mass is 118 g/mol. The predicted octanol–water partition coefficient (Wildman–Crippen LogP) is -4.48. The van der Waals surface area contributed by atoms with Crippen molar-refractivity contribution in [3.05, 3.63) is 0 Å². The van der Waals surface area contributed by atoms with Crippen molar-refractivity contribution in [2.75, 3.05) is 26.2 Å². The van der Waals surface area contributed by atoms with E-state index in [2.05, 4.69) is 0 Å². The molecule has 8 heavy (non-hydrogen) atoms. The quantitative estimate of drug-likeness (QED) is 0.242. The first-order valence-corrected chi connectivity index (χ1v) is 2.99. The molecule has 1 heterocycles. The summed E-state index contributed by atoms with van der Waals surface area (Å²) in [6, 6.07) is 0. The molecule has 0 amide bonds. The first-order chi connectivity index (χ1) is 3.79. The van der Waals surface area contributed by atoms with E-state index in [0.29, 0.717) is 0 Å². The van der Waals surface area contributed by atoms with Crippen molar-refractivity contribution in [2.45, 2.75) is 0 Å². The minimum Gasteiger partial charge on any atom is -0.250 e. The Morgan fingerprint density at radius 3 is 1.25 bits per heavy atom. The lowest BCUT2D eigenvalue weighted by atomic mass is 10.4. The van der Waals surface area contributed by atoms with E-state index in [1.165, 1.54) is 0 Å². The number of rotatable bonds is 0. The SMILES string of the molecule is N[NH+]1CC[NH+](N)CC1. The van der Waals surface area contributed by atoms with Crippen LogP contribution < -0.4 is 21.7 Å². The minimum absolute atomic E-state index is 1.01. The molecule has 0 saturated carbocycles. The van der Waals surface area contributed by atoms with Crippen LogP contribution in [-0.4, -0.2) is 26.2 Å². The summed E-state index contributed by atoms with van der Waals surface area (Å²) in [7, 11) is 0. The molecule has 1 aliphatic rings. The molecule has 1 aliphatic heterocycles. The molecule has 0 unspecified atom stereocenters. The van der Waals surface area contributed by atoms with E-state index in [1.54, 1.807) is 0 Å². The molecule has 0 radical (unpaired) electrons. The van der Waals surface area contributed by atoms with E-state index >= 15 is 0 Å². The topological polar surface area (TPSA) is 60.9 Å². The zero-order valence-electron chi connectivity index (χ0n) is 4.98. The Kier molecular flexibility index (Phi) is 1.80. The smallest absolute Gasteiger partial charge is 0.146 e. The number of nitrogens with two attached hydrogens (primary N) is 2. The molecule has 1 rings (SSSR count).